The zero-order valence-electron chi connectivity index (χ0n) is 68.9. The lowest BCUT2D eigenvalue weighted by atomic mass is 9.48. The summed E-state index contributed by atoms with van der Waals surface area (Å²) in [5.74, 6) is -6.56. The second-order valence-corrected chi connectivity index (χ2v) is 37.8. The first-order chi connectivity index (χ1) is 56.0. The minimum Gasteiger partial charge on any atom is -0.390 e. The summed E-state index contributed by atoms with van der Waals surface area (Å²) in [6.45, 7) is 10.2. The van der Waals surface area contributed by atoms with Gasteiger partial charge in [0.05, 0.1) is 80.4 Å². The summed E-state index contributed by atoms with van der Waals surface area (Å²) in [6.07, 6.45) is 14.1. The highest BCUT2D eigenvalue weighted by atomic mass is 19.2. The summed E-state index contributed by atoms with van der Waals surface area (Å²) in [7, 11) is 1.74. The Morgan fingerprint density at radius 1 is 0.593 bits per heavy atom. The first-order valence-corrected chi connectivity index (χ1v) is 42.2. The molecule has 0 bridgehead atoms. The van der Waals surface area contributed by atoms with Gasteiger partial charge in [-0.2, -0.15) is 20.4 Å². The second-order valence-electron chi connectivity index (χ2n) is 37.8. The van der Waals surface area contributed by atoms with Gasteiger partial charge in [-0.25, -0.2) is 24.0 Å². The van der Waals surface area contributed by atoms with E-state index in [4.69, 9.17) is 38.0 Å². The third-order valence-electron chi connectivity index (χ3n) is 31.3. The number of alkyl halides is 3. The van der Waals surface area contributed by atoms with Gasteiger partial charge in [-0.05, 0) is 163 Å². The Balaban J connectivity index is 0.635. The van der Waals surface area contributed by atoms with Crippen LogP contribution in [-0.2, 0) is 71.6 Å². The minimum atomic E-state index is -2.17. The maximum Gasteiger partial charge on any atom is 0.266 e. The van der Waals surface area contributed by atoms with E-state index >= 15 is 13.2 Å². The Morgan fingerprint density at radius 2 is 1.02 bits per heavy atom. The number of ether oxygens (including phenoxy) is 7. The number of rotatable bonds is 35. The quantitative estimate of drug-likeness (QED) is 0.0241. The van der Waals surface area contributed by atoms with Crippen LogP contribution in [0.15, 0.2) is 86.7 Å². The predicted octanol–water partition coefficient (Wildman–Crippen LogP) is 4.24. The molecule has 15 rings (SSSR count). The van der Waals surface area contributed by atoms with Crippen molar-refractivity contribution < 1.29 is 115 Å². The van der Waals surface area contributed by atoms with Crippen molar-refractivity contribution in [1.29, 1.82) is 0 Å². The number of allylic oxidation sites excluding steroid dienone is 12. The van der Waals surface area contributed by atoms with Crippen molar-refractivity contribution in [1.82, 2.24) is 26.7 Å². The average Bonchev–Trinajstić information content (AvgIpc) is 1.48. The van der Waals surface area contributed by atoms with E-state index in [0.717, 1.165) is 6.42 Å². The molecule has 118 heavy (non-hydrogen) atoms. The van der Waals surface area contributed by atoms with Crippen LogP contribution in [0, 0.1) is 80.8 Å². The Labute approximate surface area is 684 Å². The van der Waals surface area contributed by atoms with Crippen LogP contribution in [0.25, 0.3) is 0 Å². The SMILES string of the molecule is CC(C)CCON(C)CCNC(=O)COCC(COCC(=O)N/N=C1\C=C[C@@]2(C)C(=C1)CC[C@H]1[C@@H]3C[C@@H](C)[C@@]4(C(=O)CO)O[C@]34C[C@H](O)[C@@]12F)(COCC(=O)N/N=C1\C=C[C@@]2(C)C(=C1)CC[C@H]1[C@@H]3C[C@@H](C)[C@@]4(CC(=O)CO)O[C@]34C[C@H](O)[C@@]12F)COC(C=O)CN/N=C1\C=C[C@@]2(C)C(=C1)CC[C@H]1[C@@H]3C[C@@H](C)[C@@]4(C(=O)CO)O[C@]34C[C@H](O)[C@@]12F. The number of fused-ring (bicyclic) bond motifs is 12. The number of carbonyl (C=O) groups excluding carboxylic acids is 7. The number of epoxide rings is 3. The first kappa shape index (κ1) is 86.5. The lowest BCUT2D eigenvalue weighted by molar-refractivity contribution is -0.179. The maximum atomic E-state index is 18.3. The number of hydrogen-bond acceptors (Lipinski definition) is 26. The summed E-state index contributed by atoms with van der Waals surface area (Å²) >= 11 is 0. The number of hydroxylamine groups is 2. The molecule has 0 radical (unpaired) electrons. The molecule has 3 spiro atoms. The van der Waals surface area contributed by atoms with Gasteiger partial charge in [-0.1, -0.05) is 69.6 Å². The zero-order valence-corrected chi connectivity index (χ0v) is 68.9. The molecule has 15 aliphatic rings. The third-order valence-corrected chi connectivity index (χ3v) is 31.3. The zero-order chi connectivity index (χ0) is 84.6. The monoisotopic (exact) mass is 1650 g/mol. The Bertz CT molecular complexity index is 4330. The van der Waals surface area contributed by atoms with Crippen molar-refractivity contribution in [3.63, 3.8) is 0 Å². The van der Waals surface area contributed by atoms with Crippen LogP contribution in [0.4, 0.5) is 13.2 Å². The molecule has 9 saturated carbocycles. The molecule has 0 aromatic carbocycles. The summed E-state index contributed by atoms with van der Waals surface area (Å²) < 4.78 is 98.5. The summed E-state index contributed by atoms with van der Waals surface area (Å²) in [4.78, 5) is 99.3. The number of carbonyl (C=O) groups is 7. The lowest BCUT2D eigenvalue weighted by Gasteiger charge is -2.59. The van der Waals surface area contributed by atoms with E-state index in [2.05, 4.69) is 50.7 Å². The van der Waals surface area contributed by atoms with E-state index in [-0.39, 0.29) is 91.5 Å². The molecule has 0 aromatic rings. The van der Waals surface area contributed by atoms with E-state index in [0.29, 0.717) is 106 Å². The van der Waals surface area contributed by atoms with Crippen LogP contribution in [-0.4, -0.2) is 269 Å². The molecule has 12 aliphatic carbocycles. The summed E-state index contributed by atoms with van der Waals surface area (Å²) in [5, 5.41) is 83.0. The third kappa shape index (κ3) is 13.1. The van der Waals surface area contributed by atoms with Crippen molar-refractivity contribution >= 4 is 58.5 Å². The van der Waals surface area contributed by atoms with Gasteiger partial charge in [-0.15, -0.1) is 0 Å². The second kappa shape index (κ2) is 31.4. The van der Waals surface area contributed by atoms with Crippen LogP contribution in [0.1, 0.15) is 145 Å². The van der Waals surface area contributed by atoms with Gasteiger partial charge in [-0.3, -0.25) is 33.6 Å². The molecule has 26 atom stereocenters. The van der Waals surface area contributed by atoms with E-state index in [1.807, 2.05) is 20.8 Å². The van der Waals surface area contributed by atoms with Crippen molar-refractivity contribution in [2.45, 2.75) is 220 Å². The molecule has 3 saturated heterocycles. The van der Waals surface area contributed by atoms with Crippen molar-refractivity contribution in [2.75, 3.05) is 99.4 Å². The Hall–Kier alpha value is -6.47. The number of likely N-dealkylation sites (N-methyl/N-ethyl adjacent to an activating group) is 1. The van der Waals surface area contributed by atoms with Crippen LogP contribution < -0.4 is 21.6 Å². The normalized spacial score (nSPS) is 43.6. The van der Waals surface area contributed by atoms with E-state index in [1.54, 1.807) is 87.6 Å². The number of amides is 3. The lowest BCUT2D eigenvalue weighted by Crippen LogP contribution is -2.66. The molecule has 10 N–H and O–H groups in total. The summed E-state index contributed by atoms with van der Waals surface area (Å²) in [5.41, 5.74) is -7.44. The number of nitrogens with zero attached hydrogens (tertiary/aromatic N) is 4. The fourth-order valence-electron chi connectivity index (χ4n) is 25.3. The van der Waals surface area contributed by atoms with Crippen LogP contribution in [0.3, 0.4) is 0 Å². The molecule has 2 unspecified atom stereocenters. The van der Waals surface area contributed by atoms with Gasteiger partial charge in [0, 0.05) is 79.8 Å². The minimum absolute atomic E-state index is 0.00934. The molecule has 32 heteroatoms. The van der Waals surface area contributed by atoms with Gasteiger partial charge in [0.15, 0.2) is 51.8 Å². The molecule has 12 fully saturated rings. The number of hydrazone groups is 3. The number of aliphatic hydroxyl groups excluding tert-OH is 6. The van der Waals surface area contributed by atoms with Crippen LogP contribution in [0.5, 0.6) is 0 Å². The number of aldehydes is 1. The topological polar surface area (TPSA) is 413 Å². The van der Waals surface area contributed by atoms with Gasteiger partial charge in [0.25, 0.3) is 11.8 Å². The van der Waals surface area contributed by atoms with E-state index in [9.17, 15) is 64.2 Å². The van der Waals surface area contributed by atoms with Gasteiger partial charge >= 0.3 is 0 Å². The van der Waals surface area contributed by atoms with Crippen LogP contribution in [0.2, 0.25) is 0 Å². The molecular formula is C86H117F3N8O21. The van der Waals surface area contributed by atoms with Gasteiger partial charge in [0.2, 0.25) is 5.91 Å². The van der Waals surface area contributed by atoms with Gasteiger partial charge < -0.3 is 79.3 Å². The number of nitrogens with one attached hydrogen (secondary N) is 4. The number of ketones is 3. The van der Waals surface area contributed by atoms with E-state index < -0.39 is 210 Å². The maximum absolute atomic E-state index is 18.3. The Morgan fingerprint density at radius 3 is 1.45 bits per heavy atom. The molecule has 3 aliphatic heterocycles. The number of hydrogen-bond donors (Lipinski definition) is 10. The van der Waals surface area contributed by atoms with Crippen molar-refractivity contribution in [2.24, 2.45) is 96.1 Å². The molecule has 3 heterocycles. The fraction of sp³-hybridized carbons (Fsp3) is 0.744. The van der Waals surface area contributed by atoms with Crippen molar-refractivity contribution in [3.05, 3.63) is 71.4 Å². The predicted molar refractivity (Wildman–Crippen MR) is 418 cm³/mol. The number of Topliss-reactive ketones (excluding diaryl/α,β-unsaturated/α-hetero) is 3. The van der Waals surface area contributed by atoms with Crippen molar-refractivity contribution in [3.8, 4) is 0 Å². The Kier molecular flexibility index (Phi) is 23.0. The molecule has 648 valence electrons. The van der Waals surface area contributed by atoms with Crippen LogP contribution >= 0.6 is 0 Å². The molecular weight excluding hydrogens is 1540 g/mol. The molecule has 29 nitrogen and oxygen atoms in total. The highest BCUT2D eigenvalue weighted by Gasteiger charge is 2.90. The first-order valence-electron chi connectivity index (χ1n) is 42.2. The largest absolute Gasteiger partial charge is 0.390 e. The summed E-state index contributed by atoms with van der Waals surface area (Å²) in [6, 6.07) is 0. The smallest absolute Gasteiger partial charge is 0.266 e. The highest BCUT2D eigenvalue weighted by Crippen LogP contribution is 2.80. The highest BCUT2D eigenvalue weighted by molar-refractivity contribution is 6.07. The fourth-order valence-corrected chi connectivity index (χ4v) is 25.3. The molecule has 3 amide bonds. The van der Waals surface area contributed by atoms with E-state index in [1.165, 1.54) is 0 Å². The average molecular weight is 1660 g/mol. The molecule has 0 aromatic heterocycles. The number of aliphatic hydroxyl groups is 6. The standard InChI is InChI=1S/C86H117F3N8O21/c1-48(2)19-25-115-97(9)24-23-90-71(108)41-111-44-77(46-113-43-73(110)96-94-57-18-22-76(8)54(31-57)12-15-62-65-28-51(5)86(70(107)40-101)81(65,118-86)35-68(105)84(62,76)89,45-112-42-72(109)95-93-56-17-21-75(7)53(30-56)10-13-60-63-26-49(3)78(32-58(102)37-98)79(63,116-78)33-66(103)82(60,75)87)47-114-59(38-99)36-91-92-55-16-20-74(6)52(29-55)11-14-61-64-27-50(4)85(69(106)39-100)80(64,117-85)34-67(104)83(61,74)88/h16-18,20-22,29-31,38,48-51,59-68,91,98,100-101,103-105H,10-15,19,23-28,32-37,39-47H2,1-9H3,(H,90,108)(H,95,109)(H,96,110)/b92-55+,93-56+,94-57+/t49-,50-,51-,59?,60+,61+,62+,63+,64+,65+,66+,67+,68+,74+,75+,76+,77?,78-,79-,80-,81-,82+,83+,84+,85+,86+/m1/s1. The van der Waals surface area contributed by atoms with Gasteiger partial charge in [0.1, 0.15) is 68.1 Å². The number of halogens is 3.